The molecule has 0 spiro atoms. The fourth-order valence-corrected chi connectivity index (χ4v) is 2.99. The van der Waals surface area contributed by atoms with Crippen LogP contribution in [0.3, 0.4) is 0 Å². The number of benzene rings is 1. The minimum atomic E-state index is 0. The minimum absolute atomic E-state index is 0. The average Bonchev–Trinajstić information content (AvgIpc) is 3.33. The van der Waals surface area contributed by atoms with E-state index in [1.54, 1.807) is 25.8 Å². The third-order valence-corrected chi connectivity index (χ3v) is 4.62. The molecular weight excluding hydrogens is 519 g/mol. The molecule has 0 amide bonds. The summed E-state index contributed by atoms with van der Waals surface area (Å²) < 4.78 is 13.2. The molecule has 2 heterocycles. The first-order valence-electron chi connectivity index (χ1n) is 10.4. The number of aliphatic imine (C=N–C) groups is 1. The lowest BCUT2D eigenvalue weighted by Gasteiger charge is -2.16. The number of nitrogens with one attached hydrogen (secondary N) is 2. The minimum Gasteiger partial charge on any atom is -0.491 e. The number of guanidine groups is 1. The molecule has 0 unspecified atom stereocenters. The Morgan fingerprint density at radius 2 is 1.94 bits per heavy atom. The first-order valence-corrected chi connectivity index (χ1v) is 10.4. The highest BCUT2D eigenvalue weighted by Crippen LogP contribution is 2.20. The number of imidazole rings is 1. The normalized spacial score (nSPS) is 11.0. The van der Waals surface area contributed by atoms with Crippen LogP contribution >= 0.6 is 24.0 Å². The van der Waals surface area contributed by atoms with Crippen LogP contribution < -0.4 is 15.4 Å². The van der Waals surface area contributed by atoms with Crippen LogP contribution in [0.25, 0.3) is 5.82 Å². The van der Waals surface area contributed by atoms with Crippen molar-refractivity contribution in [1.82, 2.24) is 25.2 Å². The van der Waals surface area contributed by atoms with Crippen LogP contribution in [0.5, 0.6) is 5.75 Å². The molecule has 0 aliphatic heterocycles. The maximum atomic E-state index is 5.92. The molecule has 172 valence electrons. The summed E-state index contributed by atoms with van der Waals surface area (Å²) in [6.07, 6.45) is 7.13. The third-order valence-electron chi connectivity index (χ3n) is 4.62. The van der Waals surface area contributed by atoms with Gasteiger partial charge in [0.05, 0.1) is 6.61 Å². The number of hydrogen-bond donors (Lipinski definition) is 2. The first-order chi connectivity index (χ1) is 15.2. The van der Waals surface area contributed by atoms with E-state index in [1.165, 1.54) is 0 Å². The first kappa shape index (κ1) is 25.6. The Labute approximate surface area is 206 Å². The second-order valence-corrected chi connectivity index (χ2v) is 6.93. The molecule has 0 aliphatic rings. The van der Waals surface area contributed by atoms with Crippen molar-refractivity contribution in [1.29, 1.82) is 0 Å². The monoisotopic (exact) mass is 550 g/mol. The largest absolute Gasteiger partial charge is 0.491 e. The summed E-state index contributed by atoms with van der Waals surface area (Å²) in [5, 5.41) is 6.70. The maximum absolute atomic E-state index is 5.92. The van der Waals surface area contributed by atoms with Gasteiger partial charge in [-0.3, -0.25) is 9.56 Å². The van der Waals surface area contributed by atoms with Gasteiger partial charge in [0.15, 0.2) is 5.96 Å². The summed E-state index contributed by atoms with van der Waals surface area (Å²) in [5.74, 6) is 2.40. The molecule has 9 heteroatoms. The van der Waals surface area contributed by atoms with Crippen LogP contribution in [0.2, 0.25) is 0 Å². The summed E-state index contributed by atoms with van der Waals surface area (Å²) in [7, 11) is 1.76. The van der Waals surface area contributed by atoms with Gasteiger partial charge in [0.2, 0.25) is 0 Å². The summed E-state index contributed by atoms with van der Waals surface area (Å²) >= 11 is 0. The number of pyridine rings is 1. The third kappa shape index (κ3) is 7.79. The molecule has 1 aromatic carbocycles. The van der Waals surface area contributed by atoms with Crippen molar-refractivity contribution >= 4 is 29.9 Å². The number of aromatic nitrogens is 3. The quantitative estimate of drug-likeness (QED) is 0.174. The van der Waals surface area contributed by atoms with Crippen molar-refractivity contribution in [3.05, 3.63) is 71.9 Å². The zero-order valence-corrected chi connectivity index (χ0v) is 21.1. The van der Waals surface area contributed by atoms with Gasteiger partial charge in [-0.15, -0.1) is 24.0 Å². The predicted octanol–water partition coefficient (Wildman–Crippen LogP) is 3.47. The van der Waals surface area contributed by atoms with Crippen LogP contribution in [0.4, 0.5) is 0 Å². The smallest absolute Gasteiger partial charge is 0.191 e. The van der Waals surface area contributed by atoms with E-state index in [9.17, 15) is 0 Å². The van der Waals surface area contributed by atoms with Crippen molar-refractivity contribution in [2.24, 2.45) is 4.99 Å². The Morgan fingerprint density at radius 3 is 2.69 bits per heavy atom. The van der Waals surface area contributed by atoms with E-state index >= 15 is 0 Å². The molecule has 0 atom stereocenters. The van der Waals surface area contributed by atoms with Crippen LogP contribution in [-0.2, 0) is 17.8 Å². The average molecular weight is 550 g/mol. The highest BCUT2D eigenvalue weighted by molar-refractivity contribution is 14.0. The molecule has 2 N–H and O–H groups in total. The topological polar surface area (TPSA) is 85.6 Å². The standard InChI is InChI=1S/C23H30N6O2.HI/c1-4-30-11-12-31-21-13-18(2)5-6-20(21)16-28-23(24-3)27-15-19-7-8-26-22(14-19)29-10-9-25-17-29;/h5-10,13-14,17H,4,11-12,15-16H2,1-3H3,(H2,24,27,28);1H. The molecule has 0 radical (unpaired) electrons. The number of halogens is 1. The van der Waals surface area contributed by atoms with Crippen LogP contribution in [0, 0.1) is 6.92 Å². The number of hydrogen-bond acceptors (Lipinski definition) is 5. The highest BCUT2D eigenvalue weighted by Gasteiger charge is 2.07. The molecule has 8 nitrogen and oxygen atoms in total. The summed E-state index contributed by atoms with van der Waals surface area (Å²) in [6.45, 7) is 7.04. The van der Waals surface area contributed by atoms with Crippen molar-refractivity contribution in [2.45, 2.75) is 26.9 Å². The van der Waals surface area contributed by atoms with Crippen molar-refractivity contribution in [2.75, 3.05) is 26.9 Å². The zero-order chi connectivity index (χ0) is 21.9. The lowest BCUT2D eigenvalue weighted by atomic mass is 10.1. The molecule has 0 saturated heterocycles. The number of aryl methyl sites for hydroxylation is 1. The predicted molar refractivity (Wildman–Crippen MR) is 137 cm³/mol. The second kappa shape index (κ2) is 13.7. The SMILES string of the molecule is CCOCCOc1cc(C)ccc1CNC(=NC)NCc1ccnc(-n2ccnc2)c1.I. The molecule has 0 aliphatic carbocycles. The number of ether oxygens (including phenoxy) is 2. The lowest BCUT2D eigenvalue weighted by Crippen LogP contribution is -2.36. The van der Waals surface area contributed by atoms with E-state index in [0.29, 0.717) is 38.9 Å². The van der Waals surface area contributed by atoms with Gasteiger partial charge in [-0.25, -0.2) is 9.97 Å². The molecule has 3 aromatic rings. The fraction of sp³-hybridized carbons (Fsp3) is 0.348. The van der Waals surface area contributed by atoms with E-state index in [-0.39, 0.29) is 24.0 Å². The van der Waals surface area contributed by atoms with Crippen LogP contribution in [0.1, 0.15) is 23.6 Å². The van der Waals surface area contributed by atoms with Crippen molar-refractivity contribution < 1.29 is 9.47 Å². The Bertz CT molecular complexity index is 978. The Morgan fingerprint density at radius 1 is 1.09 bits per heavy atom. The number of nitrogens with zero attached hydrogens (tertiary/aromatic N) is 4. The van der Waals surface area contributed by atoms with Gasteiger partial charge < -0.3 is 20.1 Å². The second-order valence-electron chi connectivity index (χ2n) is 6.93. The lowest BCUT2D eigenvalue weighted by molar-refractivity contribution is 0.110. The molecule has 0 saturated carbocycles. The Hall–Kier alpha value is -2.66. The van der Waals surface area contributed by atoms with Gasteiger partial charge in [-0.2, -0.15) is 0 Å². The molecule has 32 heavy (non-hydrogen) atoms. The van der Waals surface area contributed by atoms with Crippen molar-refractivity contribution in [3.63, 3.8) is 0 Å². The molecule has 3 rings (SSSR count). The van der Waals surface area contributed by atoms with Gasteiger partial charge in [-0.05, 0) is 43.2 Å². The van der Waals surface area contributed by atoms with Crippen LogP contribution in [0.15, 0.2) is 60.2 Å². The molecule has 0 bridgehead atoms. The van der Waals surface area contributed by atoms with E-state index in [4.69, 9.17) is 9.47 Å². The van der Waals surface area contributed by atoms with Crippen LogP contribution in [-0.4, -0.2) is 47.4 Å². The Balaban J connectivity index is 0.00000363. The number of rotatable bonds is 10. The van der Waals surface area contributed by atoms with Gasteiger partial charge in [-0.1, -0.05) is 12.1 Å². The van der Waals surface area contributed by atoms with Gasteiger partial charge in [0, 0.05) is 50.9 Å². The molecule has 2 aromatic heterocycles. The summed E-state index contributed by atoms with van der Waals surface area (Å²) in [5.41, 5.74) is 3.32. The zero-order valence-electron chi connectivity index (χ0n) is 18.7. The van der Waals surface area contributed by atoms with E-state index in [2.05, 4.69) is 44.7 Å². The summed E-state index contributed by atoms with van der Waals surface area (Å²) in [6, 6.07) is 10.2. The van der Waals surface area contributed by atoms with E-state index in [1.807, 2.05) is 35.9 Å². The maximum Gasteiger partial charge on any atom is 0.191 e. The molecule has 0 fully saturated rings. The summed E-state index contributed by atoms with van der Waals surface area (Å²) in [4.78, 5) is 12.8. The van der Waals surface area contributed by atoms with Gasteiger partial charge in [0.25, 0.3) is 0 Å². The fourth-order valence-electron chi connectivity index (χ4n) is 2.99. The highest BCUT2D eigenvalue weighted by atomic mass is 127. The Kier molecular flexibility index (Phi) is 10.9. The van der Waals surface area contributed by atoms with E-state index in [0.717, 1.165) is 28.3 Å². The van der Waals surface area contributed by atoms with Gasteiger partial charge in [0.1, 0.15) is 24.5 Å². The van der Waals surface area contributed by atoms with Gasteiger partial charge >= 0.3 is 0 Å². The van der Waals surface area contributed by atoms with Crippen molar-refractivity contribution in [3.8, 4) is 11.6 Å². The molecular formula is C23H31IN6O2. The van der Waals surface area contributed by atoms with E-state index < -0.39 is 0 Å².